The molecule has 32 heavy (non-hydrogen) atoms. The number of carbonyl (C=O) groups is 1. The van der Waals surface area contributed by atoms with E-state index < -0.39 is 20.0 Å². The molecule has 0 unspecified atom stereocenters. The summed E-state index contributed by atoms with van der Waals surface area (Å²) in [6, 6.07) is 7.46. The van der Waals surface area contributed by atoms with Crippen molar-refractivity contribution < 1.29 is 33.6 Å². The number of aliphatic hydroxyl groups is 2. The zero-order valence-electron chi connectivity index (χ0n) is 20.9. The number of esters is 1. The first-order valence-corrected chi connectivity index (χ1v) is 14.0. The molecule has 0 bridgehead atoms. The van der Waals surface area contributed by atoms with Gasteiger partial charge in [0.25, 0.3) is 0 Å². The molecule has 0 saturated carbocycles. The Labute approximate surface area is 194 Å². The van der Waals surface area contributed by atoms with Crippen LogP contribution in [-0.4, -0.2) is 63.1 Å². The Kier molecular flexibility index (Phi) is 10.8. The SMILES string of the molecule is COC(=O)C[C@H](CC[C@@](C)(O)[C@@H](O)COCc1ccc(OC)cc1)O[Si](C)(C)C(C)(C)C. The molecule has 0 heterocycles. The van der Waals surface area contributed by atoms with Crippen molar-refractivity contribution in [1.82, 2.24) is 0 Å². The van der Waals surface area contributed by atoms with E-state index in [1.165, 1.54) is 7.11 Å². The molecule has 7 nitrogen and oxygen atoms in total. The summed E-state index contributed by atoms with van der Waals surface area (Å²) in [7, 11) is 0.839. The highest BCUT2D eigenvalue weighted by Gasteiger charge is 2.40. The Bertz CT molecular complexity index is 695. The van der Waals surface area contributed by atoms with Crippen molar-refractivity contribution >= 4 is 14.3 Å². The maximum atomic E-state index is 11.9. The van der Waals surface area contributed by atoms with Crippen LogP contribution in [0.25, 0.3) is 0 Å². The van der Waals surface area contributed by atoms with Gasteiger partial charge in [-0.05, 0) is 55.6 Å². The van der Waals surface area contributed by atoms with Crippen LogP contribution in [0.5, 0.6) is 5.75 Å². The topological polar surface area (TPSA) is 94.5 Å². The van der Waals surface area contributed by atoms with Crippen molar-refractivity contribution in [2.24, 2.45) is 0 Å². The highest BCUT2D eigenvalue weighted by Crippen LogP contribution is 2.38. The predicted octanol–water partition coefficient (Wildman–Crippen LogP) is 4.06. The number of methoxy groups -OCH3 is 2. The highest BCUT2D eigenvalue weighted by atomic mass is 28.4. The smallest absolute Gasteiger partial charge is 0.308 e. The Balaban J connectivity index is 2.65. The minimum Gasteiger partial charge on any atom is -0.497 e. The van der Waals surface area contributed by atoms with E-state index in [2.05, 4.69) is 33.9 Å². The molecule has 0 aliphatic carbocycles. The van der Waals surface area contributed by atoms with Gasteiger partial charge in [-0.15, -0.1) is 0 Å². The van der Waals surface area contributed by atoms with Gasteiger partial charge in [-0.1, -0.05) is 32.9 Å². The summed E-state index contributed by atoms with van der Waals surface area (Å²) in [6.45, 7) is 12.5. The molecule has 1 rings (SSSR count). The van der Waals surface area contributed by atoms with Crippen molar-refractivity contribution in [3.8, 4) is 5.75 Å². The molecule has 0 aliphatic rings. The average Bonchev–Trinajstić information content (AvgIpc) is 2.71. The standard InChI is InChI=1S/C24H42O7Si/c1-23(2,3)32(7,8)31-20(15-22(26)29-6)13-14-24(4,27)21(25)17-30-16-18-9-11-19(28-5)12-10-18/h9-12,20-21,25,27H,13-17H2,1-8H3/t20-,21-,24+/m0/s1. The molecular weight excluding hydrogens is 428 g/mol. The van der Waals surface area contributed by atoms with E-state index >= 15 is 0 Å². The van der Waals surface area contributed by atoms with E-state index in [-0.39, 0.29) is 36.6 Å². The molecule has 0 fully saturated rings. The minimum absolute atomic E-state index is 0.0101. The van der Waals surface area contributed by atoms with Gasteiger partial charge in [0, 0.05) is 0 Å². The Morgan fingerprint density at radius 1 is 1.09 bits per heavy atom. The molecule has 184 valence electrons. The molecule has 0 radical (unpaired) electrons. The van der Waals surface area contributed by atoms with Crippen LogP contribution in [0, 0.1) is 0 Å². The lowest BCUT2D eigenvalue weighted by atomic mass is 9.91. The van der Waals surface area contributed by atoms with E-state index in [1.54, 1.807) is 14.0 Å². The van der Waals surface area contributed by atoms with Crippen LogP contribution < -0.4 is 4.74 Å². The molecule has 1 aromatic rings. The van der Waals surface area contributed by atoms with E-state index in [4.69, 9.17) is 18.6 Å². The first-order valence-electron chi connectivity index (χ1n) is 11.1. The van der Waals surface area contributed by atoms with Gasteiger partial charge in [-0.25, -0.2) is 0 Å². The summed E-state index contributed by atoms with van der Waals surface area (Å²) in [5, 5.41) is 21.3. The van der Waals surface area contributed by atoms with E-state index in [9.17, 15) is 15.0 Å². The lowest BCUT2D eigenvalue weighted by Gasteiger charge is -2.40. The van der Waals surface area contributed by atoms with E-state index in [0.29, 0.717) is 13.0 Å². The molecular formula is C24H42O7Si. The van der Waals surface area contributed by atoms with Gasteiger partial charge in [-0.3, -0.25) is 4.79 Å². The summed E-state index contributed by atoms with van der Waals surface area (Å²) >= 11 is 0. The highest BCUT2D eigenvalue weighted by molar-refractivity contribution is 6.74. The number of hydrogen-bond donors (Lipinski definition) is 2. The maximum Gasteiger partial charge on any atom is 0.308 e. The van der Waals surface area contributed by atoms with Crippen molar-refractivity contribution in [2.75, 3.05) is 20.8 Å². The number of ether oxygens (including phenoxy) is 3. The largest absolute Gasteiger partial charge is 0.497 e. The Hall–Kier alpha value is -1.45. The summed E-state index contributed by atoms with van der Waals surface area (Å²) in [4.78, 5) is 11.9. The van der Waals surface area contributed by atoms with Gasteiger partial charge in [0.2, 0.25) is 0 Å². The number of hydrogen-bond acceptors (Lipinski definition) is 7. The first kappa shape index (κ1) is 28.6. The number of rotatable bonds is 13. The minimum atomic E-state index is -2.12. The predicted molar refractivity (Wildman–Crippen MR) is 127 cm³/mol. The second-order valence-corrected chi connectivity index (χ2v) is 14.8. The average molecular weight is 471 g/mol. The molecule has 2 N–H and O–H groups in total. The lowest BCUT2D eigenvalue weighted by molar-refractivity contribution is -0.143. The van der Waals surface area contributed by atoms with Gasteiger partial charge in [0.15, 0.2) is 8.32 Å². The Morgan fingerprint density at radius 2 is 1.69 bits per heavy atom. The van der Waals surface area contributed by atoms with Crippen LogP contribution in [-0.2, 0) is 25.3 Å². The molecule has 3 atom stereocenters. The van der Waals surface area contributed by atoms with Gasteiger partial charge in [0.1, 0.15) is 11.9 Å². The van der Waals surface area contributed by atoms with Crippen LogP contribution in [0.2, 0.25) is 18.1 Å². The normalized spacial score (nSPS) is 16.2. The van der Waals surface area contributed by atoms with E-state index in [1.807, 2.05) is 24.3 Å². The Morgan fingerprint density at radius 3 is 2.19 bits per heavy atom. The second kappa shape index (κ2) is 12.1. The van der Waals surface area contributed by atoms with Gasteiger partial charge >= 0.3 is 5.97 Å². The molecule has 0 amide bonds. The fourth-order valence-corrected chi connectivity index (χ4v) is 4.26. The summed E-state index contributed by atoms with van der Waals surface area (Å²) in [5.41, 5.74) is -0.441. The molecule has 0 saturated heterocycles. The third-order valence-electron chi connectivity index (χ3n) is 6.28. The van der Waals surface area contributed by atoms with Crippen molar-refractivity contribution in [3.05, 3.63) is 29.8 Å². The van der Waals surface area contributed by atoms with E-state index in [0.717, 1.165) is 11.3 Å². The molecule has 0 aromatic heterocycles. The summed E-state index contributed by atoms with van der Waals surface area (Å²) in [5.74, 6) is 0.412. The monoisotopic (exact) mass is 470 g/mol. The summed E-state index contributed by atoms with van der Waals surface area (Å²) in [6.07, 6.45) is -0.668. The molecule has 0 spiro atoms. The van der Waals surface area contributed by atoms with Crippen LogP contribution in [0.3, 0.4) is 0 Å². The molecule has 1 aromatic carbocycles. The van der Waals surface area contributed by atoms with Crippen LogP contribution in [0.4, 0.5) is 0 Å². The molecule has 8 heteroatoms. The molecule has 0 aliphatic heterocycles. The van der Waals surface area contributed by atoms with Gasteiger partial charge in [-0.2, -0.15) is 0 Å². The van der Waals surface area contributed by atoms with Crippen LogP contribution in [0.1, 0.15) is 52.5 Å². The first-order chi connectivity index (χ1) is 14.7. The van der Waals surface area contributed by atoms with Crippen LogP contribution >= 0.6 is 0 Å². The third-order valence-corrected chi connectivity index (χ3v) is 10.8. The van der Waals surface area contributed by atoms with Crippen molar-refractivity contribution in [1.29, 1.82) is 0 Å². The zero-order chi connectivity index (χ0) is 24.6. The third kappa shape index (κ3) is 9.19. The lowest BCUT2D eigenvalue weighted by Crippen LogP contribution is -2.46. The van der Waals surface area contributed by atoms with Gasteiger partial charge < -0.3 is 28.8 Å². The van der Waals surface area contributed by atoms with Crippen molar-refractivity contribution in [3.63, 3.8) is 0 Å². The van der Waals surface area contributed by atoms with Gasteiger partial charge in [0.05, 0.1) is 45.6 Å². The maximum absolute atomic E-state index is 11.9. The summed E-state index contributed by atoms with van der Waals surface area (Å²) < 4.78 is 22.0. The quantitative estimate of drug-likeness (QED) is 0.332. The number of aliphatic hydroxyl groups excluding tert-OH is 1. The number of benzene rings is 1. The zero-order valence-corrected chi connectivity index (χ0v) is 21.9. The van der Waals surface area contributed by atoms with Crippen LogP contribution in [0.15, 0.2) is 24.3 Å². The fraction of sp³-hybridized carbons (Fsp3) is 0.708. The second-order valence-electron chi connectivity index (χ2n) is 10.1. The number of carbonyl (C=O) groups excluding carboxylic acids is 1. The van der Waals surface area contributed by atoms with Crippen molar-refractivity contribution in [2.45, 2.75) is 89.5 Å². The fourth-order valence-electron chi connectivity index (χ4n) is 2.87.